The van der Waals surface area contributed by atoms with Crippen molar-refractivity contribution in [2.75, 3.05) is 0 Å². The molecular weight excluding hydrogens is 577 g/mol. The number of benzene rings is 8. The van der Waals surface area contributed by atoms with Crippen LogP contribution >= 0.6 is 0 Å². The van der Waals surface area contributed by atoms with Crippen LogP contribution in [0, 0.1) is 0 Å². The topological polar surface area (TPSA) is 0 Å². The summed E-state index contributed by atoms with van der Waals surface area (Å²) in [6, 6.07) is 46.9. The molecule has 0 saturated carbocycles. The van der Waals surface area contributed by atoms with Crippen molar-refractivity contribution >= 4 is 86.2 Å². The first-order chi connectivity index (χ1) is 23.1. The molecule has 0 fully saturated rings. The van der Waals surface area contributed by atoms with Gasteiger partial charge in [-0.25, -0.2) is 0 Å². The van der Waals surface area contributed by atoms with E-state index in [-0.39, 0.29) is 10.8 Å². The van der Waals surface area contributed by atoms with Crippen LogP contribution in [0.2, 0.25) is 0 Å². The highest BCUT2D eigenvalue weighted by Crippen LogP contribution is 2.48. The van der Waals surface area contributed by atoms with Crippen molar-refractivity contribution in [3.63, 3.8) is 0 Å². The Morgan fingerprint density at radius 3 is 1.33 bits per heavy atom. The van der Waals surface area contributed by atoms with Crippen LogP contribution in [0.5, 0.6) is 0 Å². The quantitative estimate of drug-likeness (QED) is 0.161. The molecule has 0 bridgehead atoms. The minimum Gasteiger partial charge on any atom is -0.0616 e. The van der Waals surface area contributed by atoms with Crippen LogP contribution in [0.4, 0.5) is 0 Å². The Kier molecular flexibility index (Phi) is 5.36. The Morgan fingerprint density at radius 2 is 0.729 bits per heavy atom. The van der Waals surface area contributed by atoms with Gasteiger partial charge >= 0.3 is 0 Å². The smallest absolute Gasteiger partial charge is 0.00199 e. The van der Waals surface area contributed by atoms with Gasteiger partial charge in [-0.1, -0.05) is 139 Å². The van der Waals surface area contributed by atoms with E-state index in [2.05, 4.69) is 163 Å². The molecule has 0 saturated heterocycles. The van der Waals surface area contributed by atoms with Crippen LogP contribution in [0.25, 0.3) is 97.3 Å². The lowest BCUT2D eigenvalue weighted by atomic mass is 9.78. The van der Waals surface area contributed by atoms with Gasteiger partial charge in [-0.3, -0.25) is 0 Å². The van der Waals surface area contributed by atoms with Gasteiger partial charge in [-0.05, 0) is 144 Å². The third-order valence-electron chi connectivity index (χ3n) is 11.2. The second kappa shape index (κ2) is 9.24. The molecule has 0 spiro atoms. The molecule has 0 radical (unpaired) electrons. The molecule has 48 heavy (non-hydrogen) atoms. The predicted octanol–water partition coefficient (Wildman–Crippen LogP) is 14.0. The van der Waals surface area contributed by atoms with Crippen LogP contribution < -0.4 is 0 Å². The normalized spacial score (nSPS) is 13.2. The molecule has 0 amide bonds. The number of hydrogen-bond donors (Lipinski definition) is 0. The van der Waals surface area contributed by atoms with Crippen molar-refractivity contribution < 1.29 is 0 Å². The Hall–Kier alpha value is -5.20. The maximum atomic E-state index is 2.52. The summed E-state index contributed by atoms with van der Waals surface area (Å²) in [6.45, 7) is 14.0. The van der Waals surface area contributed by atoms with E-state index in [0.717, 1.165) is 0 Å². The van der Waals surface area contributed by atoms with E-state index < -0.39 is 0 Å². The first-order valence-corrected chi connectivity index (χ1v) is 17.4. The summed E-state index contributed by atoms with van der Waals surface area (Å²) in [5, 5.41) is 21.5. The molecule has 230 valence electrons. The van der Waals surface area contributed by atoms with Gasteiger partial charge in [-0.15, -0.1) is 0 Å². The van der Waals surface area contributed by atoms with Crippen LogP contribution in [0.3, 0.4) is 0 Å². The summed E-state index contributed by atoms with van der Waals surface area (Å²) in [6.07, 6.45) is 0. The van der Waals surface area contributed by atoms with E-state index in [1.165, 1.54) is 108 Å². The molecule has 0 aliphatic carbocycles. The largest absolute Gasteiger partial charge is 0.0616 e. The molecule has 0 nitrogen and oxygen atoms in total. The fraction of sp³-hybridized carbons (Fsp3) is 0.167. The van der Waals surface area contributed by atoms with Gasteiger partial charge in [0.15, 0.2) is 0 Å². The third-order valence-corrected chi connectivity index (χ3v) is 11.2. The molecule has 0 aliphatic heterocycles. The minimum atomic E-state index is 0.0300. The van der Waals surface area contributed by atoms with Crippen molar-refractivity contribution in [2.24, 2.45) is 0 Å². The summed E-state index contributed by atoms with van der Waals surface area (Å²) in [5.41, 5.74) is 5.44. The Balaban J connectivity index is 1.45. The Morgan fingerprint density at radius 1 is 0.312 bits per heavy atom. The minimum absolute atomic E-state index is 0.0300. The Bertz CT molecular complexity index is 2900. The fourth-order valence-electron chi connectivity index (χ4n) is 8.67. The third kappa shape index (κ3) is 3.72. The van der Waals surface area contributed by atoms with Crippen molar-refractivity contribution in [1.29, 1.82) is 0 Å². The molecule has 0 unspecified atom stereocenters. The summed E-state index contributed by atoms with van der Waals surface area (Å²) in [5.74, 6) is 0. The summed E-state index contributed by atoms with van der Waals surface area (Å²) in [7, 11) is 0. The molecule has 0 aromatic heterocycles. The zero-order valence-electron chi connectivity index (χ0n) is 28.5. The highest BCUT2D eigenvalue weighted by Gasteiger charge is 2.24. The summed E-state index contributed by atoms with van der Waals surface area (Å²) >= 11 is 0. The van der Waals surface area contributed by atoms with E-state index in [4.69, 9.17) is 0 Å². The molecule has 10 aromatic rings. The number of fused-ring (bicyclic) bond motifs is 10. The number of rotatable bonds is 1. The highest BCUT2D eigenvalue weighted by atomic mass is 14.3. The zero-order chi connectivity index (χ0) is 32.7. The fourth-order valence-corrected chi connectivity index (χ4v) is 8.67. The zero-order valence-corrected chi connectivity index (χ0v) is 28.5. The van der Waals surface area contributed by atoms with Gasteiger partial charge in [0, 0.05) is 0 Å². The molecule has 10 rings (SSSR count). The predicted molar refractivity (Wildman–Crippen MR) is 212 cm³/mol. The highest BCUT2D eigenvalue weighted by molar-refractivity contribution is 6.38. The van der Waals surface area contributed by atoms with Crippen molar-refractivity contribution in [3.05, 3.63) is 132 Å². The lowest BCUT2D eigenvalue weighted by molar-refractivity contribution is 0.569. The van der Waals surface area contributed by atoms with Crippen molar-refractivity contribution in [3.8, 4) is 11.1 Å². The SMILES string of the molecule is CC(C)(C)c1cc(-c2cc3c(cc4c5ccccc5c5cccc3c54)c3cc4c(cc23)c2cccc3cccc4c32)cc(C(C)(C)C)c1. The van der Waals surface area contributed by atoms with Crippen molar-refractivity contribution in [2.45, 2.75) is 52.4 Å². The van der Waals surface area contributed by atoms with Crippen molar-refractivity contribution in [1.82, 2.24) is 0 Å². The van der Waals surface area contributed by atoms with Crippen LogP contribution in [0.15, 0.2) is 121 Å². The number of hydrogen-bond acceptors (Lipinski definition) is 0. The van der Waals surface area contributed by atoms with Gasteiger partial charge in [0.2, 0.25) is 0 Å². The van der Waals surface area contributed by atoms with E-state index in [1.54, 1.807) is 0 Å². The van der Waals surface area contributed by atoms with Crippen LogP contribution in [-0.2, 0) is 10.8 Å². The maximum Gasteiger partial charge on any atom is -0.00199 e. The molecule has 0 aliphatic rings. The lowest BCUT2D eigenvalue weighted by Gasteiger charge is -2.27. The molecule has 0 atom stereocenters. The second-order valence-electron chi connectivity index (χ2n) is 16.2. The van der Waals surface area contributed by atoms with E-state index in [9.17, 15) is 0 Å². The lowest BCUT2D eigenvalue weighted by Crippen LogP contribution is -2.16. The molecule has 0 heteroatoms. The van der Waals surface area contributed by atoms with Gasteiger partial charge in [-0.2, -0.15) is 0 Å². The van der Waals surface area contributed by atoms with Crippen LogP contribution in [0.1, 0.15) is 52.7 Å². The van der Waals surface area contributed by atoms with Crippen LogP contribution in [-0.4, -0.2) is 0 Å². The molecule has 10 aromatic carbocycles. The summed E-state index contributed by atoms with van der Waals surface area (Å²) in [4.78, 5) is 0. The monoisotopic (exact) mass is 614 g/mol. The molecule has 0 heterocycles. The molecular formula is C48H38. The molecule has 0 N–H and O–H groups in total. The van der Waals surface area contributed by atoms with Gasteiger partial charge in [0.1, 0.15) is 0 Å². The average molecular weight is 615 g/mol. The summed E-state index contributed by atoms with van der Waals surface area (Å²) < 4.78 is 0. The van der Waals surface area contributed by atoms with Gasteiger partial charge < -0.3 is 0 Å². The maximum absolute atomic E-state index is 2.52. The van der Waals surface area contributed by atoms with E-state index >= 15 is 0 Å². The average Bonchev–Trinajstić information content (AvgIpc) is 3.57. The van der Waals surface area contributed by atoms with E-state index in [1.807, 2.05) is 0 Å². The Labute approximate surface area is 281 Å². The van der Waals surface area contributed by atoms with E-state index in [0.29, 0.717) is 0 Å². The van der Waals surface area contributed by atoms with Gasteiger partial charge in [0.25, 0.3) is 0 Å². The first kappa shape index (κ1) is 27.9. The van der Waals surface area contributed by atoms with Gasteiger partial charge in [0.05, 0.1) is 0 Å². The second-order valence-corrected chi connectivity index (χ2v) is 16.2. The first-order valence-electron chi connectivity index (χ1n) is 17.4. The standard InChI is InChI=1S/C48H38/c1-47(2,3)29-20-28(21-30(22-29)48(4,5)6)37-23-38-36-19-11-18-33-31-14-7-8-15-32(31)44(46(33)36)26-43(38)42-25-40-35-17-10-13-27-12-9-16-34(45(27)35)39(40)24-41(37)42/h7-26H,1-6H3.